The fraction of sp³-hybridized carbons (Fsp3) is 0.936. The van der Waals surface area contributed by atoms with Crippen molar-refractivity contribution < 1.29 is 44.2 Å². The standard InChI is InChI=1S/C47H90O9/c1-3-5-7-9-11-13-15-17-18-19-20-21-22-23-25-27-29-31-33-35-37-53-39-41(40-54-47-46(52)45(51)44(50)42(38-48)56-47)55-43(49)36-34-32-30-28-26-24-16-14-12-10-8-6-4-2/h17-18,41-42,44-48,50-52H,3-16,19-40H2,1-2H3/b18-17-. The normalized spacial score (nSPS) is 20.6. The van der Waals surface area contributed by atoms with Crippen LogP contribution in [0.25, 0.3) is 0 Å². The van der Waals surface area contributed by atoms with Crippen LogP contribution in [0.2, 0.25) is 0 Å². The van der Waals surface area contributed by atoms with Crippen molar-refractivity contribution in [2.75, 3.05) is 26.4 Å². The van der Waals surface area contributed by atoms with Crippen LogP contribution in [0.4, 0.5) is 0 Å². The lowest BCUT2D eigenvalue weighted by Crippen LogP contribution is -2.59. The molecule has 1 heterocycles. The van der Waals surface area contributed by atoms with Gasteiger partial charge in [0.15, 0.2) is 6.29 Å². The smallest absolute Gasteiger partial charge is 0.306 e. The lowest BCUT2D eigenvalue weighted by atomic mass is 9.99. The molecule has 1 aliphatic rings. The summed E-state index contributed by atoms with van der Waals surface area (Å²) < 4.78 is 22.8. The van der Waals surface area contributed by atoms with E-state index in [-0.39, 0.29) is 19.2 Å². The molecule has 0 bridgehead atoms. The quantitative estimate of drug-likeness (QED) is 0.0271. The fourth-order valence-corrected chi connectivity index (χ4v) is 7.43. The Kier molecular flexibility index (Phi) is 37.2. The molecule has 0 saturated carbocycles. The molecule has 56 heavy (non-hydrogen) atoms. The summed E-state index contributed by atoms with van der Waals surface area (Å²) >= 11 is 0. The third-order valence-corrected chi connectivity index (χ3v) is 11.2. The number of hydrogen-bond donors (Lipinski definition) is 4. The molecule has 6 unspecified atom stereocenters. The summed E-state index contributed by atoms with van der Waals surface area (Å²) in [6.07, 6.45) is 36.7. The number of hydrogen-bond acceptors (Lipinski definition) is 9. The Labute approximate surface area is 344 Å². The van der Waals surface area contributed by atoms with Gasteiger partial charge >= 0.3 is 5.97 Å². The zero-order valence-corrected chi connectivity index (χ0v) is 36.4. The van der Waals surface area contributed by atoms with E-state index < -0.39 is 43.4 Å². The minimum absolute atomic E-state index is 0.108. The van der Waals surface area contributed by atoms with Crippen LogP contribution in [0.1, 0.15) is 219 Å². The van der Waals surface area contributed by atoms with Crippen molar-refractivity contribution in [3.63, 3.8) is 0 Å². The molecule has 0 aromatic rings. The lowest BCUT2D eigenvalue weighted by Gasteiger charge is -2.39. The van der Waals surface area contributed by atoms with E-state index in [2.05, 4.69) is 26.0 Å². The maximum Gasteiger partial charge on any atom is 0.306 e. The Balaban J connectivity index is 2.21. The van der Waals surface area contributed by atoms with E-state index in [9.17, 15) is 25.2 Å². The van der Waals surface area contributed by atoms with Crippen LogP contribution in [0, 0.1) is 0 Å². The molecule has 0 radical (unpaired) electrons. The van der Waals surface area contributed by atoms with Crippen LogP contribution in [0.3, 0.4) is 0 Å². The molecule has 0 aromatic carbocycles. The number of carbonyl (C=O) groups excluding carboxylic acids is 1. The number of rotatable bonds is 41. The summed E-state index contributed by atoms with van der Waals surface area (Å²) in [4.78, 5) is 12.8. The first-order valence-electron chi connectivity index (χ1n) is 23.8. The van der Waals surface area contributed by atoms with Gasteiger partial charge in [-0.25, -0.2) is 0 Å². The minimum atomic E-state index is -1.53. The molecule has 1 rings (SSSR count). The molecule has 1 aliphatic heterocycles. The Morgan fingerprint density at radius 2 is 0.982 bits per heavy atom. The lowest BCUT2D eigenvalue weighted by molar-refractivity contribution is -0.305. The molecular formula is C47H90O9. The number of aliphatic hydroxyl groups excluding tert-OH is 4. The van der Waals surface area contributed by atoms with Gasteiger partial charge in [0.05, 0.1) is 19.8 Å². The zero-order chi connectivity index (χ0) is 40.7. The van der Waals surface area contributed by atoms with E-state index in [1.54, 1.807) is 0 Å². The van der Waals surface area contributed by atoms with Crippen molar-refractivity contribution in [1.82, 2.24) is 0 Å². The van der Waals surface area contributed by atoms with E-state index in [0.717, 1.165) is 32.1 Å². The second-order valence-electron chi connectivity index (χ2n) is 16.6. The number of ether oxygens (including phenoxy) is 4. The van der Waals surface area contributed by atoms with Crippen LogP contribution in [0.15, 0.2) is 12.2 Å². The maximum absolute atomic E-state index is 12.8. The highest BCUT2D eigenvalue weighted by Crippen LogP contribution is 2.23. The third kappa shape index (κ3) is 30.0. The molecule has 9 heteroatoms. The van der Waals surface area contributed by atoms with Crippen LogP contribution in [0.5, 0.6) is 0 Å². The average molecular weight is 799 g/mol. The molecule has 4 N–H and O–H groups in total. The SMILES string of the molecule is CCCCCCCC/C=C\CCCCCCCCCCCCOCC(COC1OC(CO)C(O)C(O)C1O)OC(=O)CCCCCCCCCCCCCCC. The number of allylic oxidation sites excluding steroid dienone is 2. The van der Waals surface area contributed by atoms with Gasteiger partial charge in [-0.05, 0) is 38.5 Å². The highest BCUT2D eigenvalue weighted by atomic mass is 16.7. The van der Waals surface area contributed by atoms with Gasteiger partial charge in [-0.2, -0.15) is 0 Å². The van der Waals surface area contributed by atoms with Gasteiger partial charge in [-0.3, -0.25) is 4.79 Å². The Hall–Kier alpha value is -1.07. The van der Waals surface area contributed by atoms with E-state index in [1.807, 2.05) is 0 Å². The largest absolute Gasteiger partial charge is 0.457 e. The Morgan fingerprint density at radius 3 is 1.45 bits per heavy atom. The Bertz CT molecular complexity index is 869. The number of unbranched alkanes of at least 4 members (excludes halogenated alkanes) is 28. The van der Waals surface area contributed by atoms with Gasteiger partial charge in [0, 0.05) is 13.0 Å². The van der Waals surface area contributed by atoms with Crippen molar-refractivity contribution >= 4 is 5.97 Å². The first kappa shape index (κ1) is 52.9. The van der Waals surface area contributed by atoms with Gasteiger partial charge < -0.3 is 39.4 Å². The van der Waals surface area contributed by atoms with Crippen LogP contribution in [-0.2, 0) is 23.7 Å². The molecule has 0 amide bonds. The second-order valence-corrected chi connectivity index (χ2v) is 16.6. The topological polar surface area (TPSA) is 135 Å². The molecule has 0 aromatic heterocycles. The molecule has 0 aliphatic carbocycles. The van der Waals surface area contributed by atoms with Gasteiger partial charge in [0.25, 0.3) is 0 Å². The van der Waals surface area contributed by atoms with Crippen LogP contribution in [-0.4, -0.2) is 89.6 Å². The van der Waals surface area contributed by atoms with Crippen molar-refractivity contribution in [2.45, 2.75) is 256 Å². The number of esters is 1. The van der Waals surface area contributed by atoms with Crippen molar-refractivity contribution in [3.05, 3.63) is 12.2 Å². The summed E-state index contributed by atoms with van der Waals surface area (Å²) in [5, 5.41) is 40.1. The second kappa shape index (κ2) is 39.4. The van der Waals surface area contributed by atoms with E-state index in [0.29, 0.717) is 13.0 Å². The van der Waals surface area contributed by atoms with Crippen molar-refractivity contribution in [1.29, 1.82) is 0 Å². The zero-order valence-electron chi connectivity index (χ0n) is 36.4. The third-order valence-electron chi connectivity index (χ3n) is 11.2. The van der Waals surface area contributed by atoms with E-state index in [1.165, 1.54) is 167 Å². The summed E-state index contributed by atoms with van der Waals surface area (Å²) in [6, 6.07) is 0. The highest BCUT2D eigenvalue weighted by Gasteiger charge is 2.44. The summed E-state index contributed by atoms with van der Waals surface area (Å²) in [6.45, 7) is 4.58. The molecule has 0 spiro atoms. The van der Waals surface area contributed by atoms with E-state index in [4.69, 9.17) is 18.9 Å². The summed E-state index contributed by atoms with van der Waals surface area (Å²) in [5.74, 6) is -0.310. The molecule has 1 saturated heterocycles. The first-order valence-corrected chi connectivity index (χ1v) is 23.8. The van der Waals surface area contributed by atoms with Gasteiger partial charge in [0.2, 0.25) is 0 Å². The average Bonchev–Trinajstić information content (AvgIpc) is 3.20. The monoisotopic (exact) mass is 799 g/mol. The summed E-state index contributed by atoms with van der Waals surface area (Å²) in [5.41, 5.74) is 0. The van der Waals surface area contributed by atoms with Crippen LogP contribution < -0.4 is 0 Å². The van der Waals surface area contributed by atoms with Gasteiger partial charge in [0.1, 0.15) is 30.5 Å². The van der Waals surface area contributed by atoms with Gasteiger partial charge in [-0.1, -0.05) is 187 Å². The number of aliphatic hydroxyl groups is 4. The highest BCUT2D eigenvalue weighted by molar-refractivity contribution is 5.69. The van der Waals surface area contributed by atoms with E-state index >= 15 is 0 Å². The maximum atomic E-state index is 12.8. The Morgan fingerprint density at radius 1 is 0.554 bits per heavy atom. The fourth-order valence-electron chi connectivity index (χ4n) is 7.43. The first-order chi connectivity index (χ1) is 27.4. The molecule has 6 atom stereocenters. The van der Waals surface area contributed by atoms with Gasteiger partial charge in [-0.15, -0.1) is 0 Å². The summed E-state index contributed by atoms with van der Waals surface area (Å²) in [7, 11) is 0. The van der Waals surface area contributed by atoms with Crippen LogP contribution >= 0.6 is 0 Å². The number of carbonyl (C=O) groups is 1. The van der Waals surface area contributed by atoms with Crippen molar-refractivity contribution in [2.24, 2.45) is 0 Å². The predicted octanol–water partition coefficient (Wildman–Crippen LogP) is 10.8. The molecule has 1 fully saturated rings. The molecular weight excluding hydrogens is 709 g/mol. The minimum Gasteiger partial charge on any atom is -0.457 e. The predicted molar refractivity (Wildman–Crippen MR) is 229 cm³/mol. The molecule has 332 valence electrons. The molecule has 9 nitrogen and oxygen atoms in total. The van der Waals surface area contributed by atoms with Crippen molar-refractivity contribution in [3.8, 4) is 0 Å².